The lowest BCUT2D eigenvalue weighted by atomic mass is 9.87. The molecule has 1 aliphatic heterocycles. The van der Waals surface area contributed by atoms with E-state index in [4.69, 9.17) is 15.2 Å². The van der Waals surface area contributed by atoms with E-state index in [0.717, 1.165) is 18.5 Å². The molecule has 3 N–H and O–H groups in total. The Bertz CT molecular complexity index is 454. The van der Waals surface area contributed by atoms with E-state index in [-0.39, 0.29) is 5.91 Å². The molecule has 1 aliphatic rings. The Morgan fingerprint density at radius 3 is 2.56 bits per heavy atom. The summed E-state index contributed by atoms with van der Waals surface area (Å²) in [5.74, 6) is 0.885. The zero-order valence-corrected chi connectivity index (χ0v) is 10.7. The Labute approximate surface area is 106 Å². The molecule has 1 fully saturated rings. The van der Waals surface area contributed by atoms with Gasteiger partial charge in [0, 0.05) is 0 Å². The van der Waals surface area contributed by atoms with Crippen molar-refractivity contribution in [3.8, 4) is 11.5 Å². The Kier molecular flexibility index (Phi) is 3.43. The van der Waals surface area contributed by atoms with Crippen LogP contribution in [0, 0.1) is 0 Å². The lowest BCUT2D eigenvalue weighted by Gasteiger charge is -2.27. The molecular weight excluding hydrogens is 232 g/mol. The molecule has 0 aliphatic carbocycles. The maximum Gasteiger partial charge on any atom is 0.242 e. The molecule has 1 aromatic rings. The van der Waals surface area contributed by atoms with Gasteiger partial charge in [0.15, 0.2) is 11.5 Å². The monoisotopic (exact) mass is 250 g/mol. The van der Waals surface area contributed by atoms with Gasteiger partial charge in [0.25, 0.3) is 0 Å². The molecule has 5 heteroatoms. The van der Waals surface area contributed by atoms with Crippen molar-refractivity contribution in [3.05, 3.63) is 23.8 Å². The summed E-state index contributed by atoms with van der Waals surface area (Å²) in [6.45, 7) is 0.789. The average molecular weight is 250 g/mol. The molecule has 18 heavy (non-hydrogen) atoms. The first-order chi connectivity index (χ1) is 8.64. The Morgan fingerprint density at radius 1 is 1.33 bits per heavy atom. The molecule has 1 unspecified atom stereocenters. The highest BCUT2D eigenvalue weighted by molar-refractivity contribution is 5.86. The molecule has 0 bridgehead atoms. The third kappa shape index (κ3) is 1.90. The van der Waals surface area contributed by atoms with Crippen molar-refractivity contribution in [1.82, 2.24) is 5.32 Å². The standard InChI is InChI=1S/C13H18N2O3/c1-17-10-5-4-9(8-11(10)18-2)13(12(14)16)6-3-7-15-13/h4-5,8,15H,3,6-7H2,1-2H3,(H2,14,16). The van der Waals surface area contributed by atoms with Crippen LogP contribution in [0.25, 0.3) is 0 Å². The largest absolute Gasteiger partial charge is 0.493 e. The zero-order valence-electron chi connectivity index (χ0n) is 10.7. The molecule has 0 aromatic heterocycles. The fourth-order valence-electron chi connectivity index (χ4n) is 2.44. The Balaban J connectivity index is 2.46. The highest BCUT2D eigenvalue weighted by Gasteiger charge is 2.41. The summed E-state index contributed by atoms with van der Waals surface area (Å²) < 4.78 is 10.4. The number of carbonyl (C=O) groups is 1. The molecule has 1 amide bonds. The molecule has 5 nitrogen and oxygen atoms in total. The van der Waals surface area contributed by atoms with Crippen LogP contribution >= 0.6 is 0 Å². The summed E-state index contributed by atoms with van der Waals surface area (Å²) in [6.07, 6.45) is 1.63. The number of amides is 1. The maximum absolute atomic E-state index is 11.8. The van der Waals surface area contributed by atoms with Crippen molar-refractivity contribution in [3.63, 3.8) is 0 Å². The zero-order chi connectivity index (χ0) is 13.2. The molecule has 1 saturated heterocycles. The van der Waals surface area contributed by atoms with E-state index in [1.807, 2.05) is 12.1 Å². The lowest BCUT2D eigenvalue weighted by molar-refractivity contribution is -0.124. The number of methoxy groups -OCH3 is 2. The summed E-state index contributed by atoms with van der Waals surface area (Å²) in [5.41, 5.74) is 5.60. The van der Waals surface area contributed by atoms with Crippen molar-refractivity contribution in [2.45, 2.75) is 18.4 Å². The van der Waals surface area contributed by atoms with E-state index in [1.165, 1.54) is 0 Å². The van der Waals surface area contributed by atoms with Crippen molar-refractivity contribution in [2.75, 3.05) is 20.8 Å². The Hall–Kier alpha value is -1.75. The van der Waals surface area contributed by atoms with E-state index in [2.05, 4.69) is 5.32 Å². The minimum Gasteiger partial charge on any atom is -0.493 e. The molecule has 2 rings (SSSR count). The van der Waals surface area contributed by atoms with Gasteiger partial charge in [-0.1, -0.05) is 6.07 Å². The highest BCUT2D eigenvalue weighted by atomic mass is 16.5. The molecule has 1 heterocycles. The number of hydrogen-bond acceptors (Lipinski definition) is 4. The molecule has 0 radical (unpaired) electrons. The molecule has 98 valence electrons. The van der Waals surface area contributed by atoms with E-state index in [0.29, 0.717) is 17.9 Å². The first kappa shape index (κ1) is 12.7. The van der Waals surface area contributed by atoms with Crippen LogP contribution in [0.2, 0.25) is 0 Å². The minimum absolute atomic E-state index is 0.354. The van der Waals surface area contributed by atoms with Crippen molar-refractivity contribution in [1.29, 1.82) is 0 Å². The number of hydrogen-bond donors (Lipinski definition) is 2. The van der Waals surface area contributed by atoms with E-state index < -0.39 is 5.54 Å². The van der Waals surface area contributed by atoms with Gasteiger partial charge >= 0.3 is 0 Å². The van der Waals surface area contributed by atoms with Crippen molar-refractivity contribution in [2.24, 2.45) is 5.73 Å². The summed E-state index contributed by atoms with van der Waals surface area (Å²) in [5, 5.41) is 3.20. The molecular formula is C13H18N2O3. The van der Waals surface area contributed by atoms with E-state index >= 15 is 0 Å². The summed E-state index contributed by atoms with van der Waals surface area (Å²) >= 11 is 0. The van der Waals surface area contributed by atoms with Crippen molar-refractivity contribution >= 4 is 5.91 Å². The predicted octanol–water partition coefficient (Wildman–Crippen LogP) is 0.768. The van der Waals surface area contributed by atoms with Crippen LogP contribution in [-0.2, 0) is 10.3 Å². The molecule has 1 atom stereocenters. The first-order valence-corrected chi connectivity index (χ1v) is 5.91. The molecule has 0 saturated carbocycles. The number of rotatable bonds is 4. The second kappa shape index (κ2) is 4.86. The number of benzene rings is 1. The van der Waals surface area contributed by atoms with Crippen LogP contribution in [0.15, 0.2) is 18.2 Å². The second-order valence-electron chi connectivity index (χ2n) is 4.37. The first-order valence-electron chi connectivity index (χ1n) is 5.91. The third-order valence-corrected chi connectivity index (χ3v) is 3.45. The second-order valence-corrected chi connectivity index (χ2v) is 4.37. The van der Waals surface area contributed by atoms with Gasteiger partial charge in [0.05, 0.1) is 14.2 Å². The fraction of sp³-hybridized carbons (Fsp3) is 0.462. The van der Waals surface area contributed by atoms with Crippen LogP contribution < -0.4 is 20.5 Å². The van der Waals surface area contributed by atoms with Gasteiger partial charge in [-0.2, -0.15) is 0 Å². The SMILES string of the molecule is COc1ccc(C2(C(N)=O)CCCN2)cc1OC. The van der Waals surface area contributed by atoms with Crippen LogP contribution in [0.3, 0.4) is 0 Å². The summed E-state index contributed by atoms with van der Waals surface area (Å²) in [4.78, 5) is 11.8. The van der Waals surface area contributed by atoms with Crippen LogP contribution in [-0.4, -0.2) is 26.7 Å². The molecule has 1 aromatic carbocycles. The number of ether oxygens (including phenoxy) is 2. The van der Waals surface area contributed by atoms with Gasteiger partial charge in [-0.05, 0) is 37.1 Å². The maximum atomic E-state index is 11.8. The average Bonchev–Trinajstić information content (AvgIpc) is 2.88. The normalized spacial score (nSPS) is 22.8. The van der Waals surface area contributed by atoms with E-state index in [9.17, 15) is 4.79 Å². The predicted molar refractivity (Wildman–Crippen MR) is 67.7 cm³/mol. The van der Waals surface area contributed by atoms with Gasteiger partial charge in [0.2, 0.25) is 5.91 Å². The minimum atomic E-state index is -0.778. The number of nitrogens with two attached hydrogens (primary N) is 1. The van der Waals surface area contributed by atoms with Crippen LogP contribution in [0.5, 0.6) is 11.5 Å². The van der Waals surface area contributed by atoms with Crippen LogP contribution in [0.1, 0.15) is 18.4 Å². The van der Waals surface area contributed by atoms with Gasteiger partial charge in [-0.25, -0.2) is 0 Å². The quantitative estimate of drug-likeness (QED) is 0.827. The highest BCUT2D eigenvalue weighted by Crippen LogP contribution is 2.36. The Morgan fingerprint density at radius 2 is 2.06 bits per heavy atom. The smallest absolute Gasteiger partial charge is 0.242 e. The van der Waals surface area contributed by atoms with Crippen molar-refractivity contribution < 1.29 is 14.3 Å². The summed E-state index contributed by atoms with van der Waals surface area (Å²) in [7, 11) is 3.15. The van der Waals surface area contributed by atoms with Gasteiger partial charge < -0.3 is 15.2 Å². The topological polar surface area (TPSA) is 73.6 Å². The fourth-order valence-corrected chi connectivity index (χ4v) is 2.44. The van der Waals surface area contributed by atoms with Gasteiger partial charge in [-0.3, -0.25) is 10.1 Å². The van der Waals surface area contributed by atoms with Gasteiger partial charge in [0.1, 0.15) is 5.54 Å². The van der Waals surface area contributed by atoms with Crippen LogP contribution in [0.4, 0.5) is 0 Å². The molecule has 0 spiro atoms. The van der Waals surface area contributed by atoms with E-state index in [1.54, 1.807) is 20.3 Å². The number of primary amides is 1. The summed E-state index contributed by atoms with van der Waals surface area (Å²) in [6, 6.07) is 5.45. The van der Waals surface area contributed by atoms with Gasteiger partial charge in [-0.15, -0.1) is 0 Å². The third-order valence-electron chi connectivity index (χ3n) is 3.45. The lowest BCUT2D eigenvalue weighted by Crippen LogP contribution is -2.48. The number of carbonyl (C=O) groups excluding carboxylic acids is 1. The number of nitrogens with one attached hydrogen (secondary N) is 1.